The van der Waals surface area contributed by atoms with Crippen LogP contribution in [0.15, 0.2) is 65.3 Å². The van der Waals surface area contributed by atoms with Crippen LogP contribution in [-0.4, -0.2) is 41.8 Å². The van der Waals surface area contributed by atoms with Gasteiger partial charge in [-0.15, -0.1) is 6.58 Å². The molecule has 1 atom stereocenters. The molecule has 0 bridgehead atoms. The van der Waals surface area contributed by atoms with Gasteiger partial charge in [-0.05, 0) is 36.8 Å². The molecule has 0 radical (unpaired) electrons. The number of amides is 2. The third-order valence-electron chi connectivity index (χ3n) is 5.39. The molecule has 0 aliphatic carbocycles. The monoisotopic (exact) mass is 466 g/mol. The van der Waals surface area contributed by atoms with Gasteiger partial charge in [-0.25, -0.2) is 4.79 Å². The molecule has 1 unspecified atom stereocenters. The van der Waals surface area contributed by atoms with E-state index in [1.54, 1.807) is 43.4 Å². The van der Waals surface area contributed by atoms with E-state index in [1.165, 1.54) is 0 Å². The van der Waals surface area contributed by atoms with E-state index < -0.39 is 6.04 Å². The lowest BCUT2D eigenvalue weighted by Gasteiger charge is -2.34. The summed E-state index contributed by atoms with van der Waals surface area (Å²) in [7, 11) is 3.13. The van der Waals surface area contributed by atoms with Gasteiger partial charge >= 0.3 is 6.03 Å². The highest BCUT2D eigenvalue weighted by Gasteiger charge is 2.35. The number of carbonyl (C=O) groups is 1. The van der Waals surface area contributed by atoms with Crippen LogP contribution in [0.2, 0.25) is 5.02 Å². The van der Waals surface area contributed by atoms with Gasteiger partial charge in [0.15, 0.2) is 11.5 Å². The van der Waals surface area contributed by atoms with Crippen LogP contribution in [0, 0.1) is 0 Å². The second-order valence-corrected chi connectivity index (χ2v) is 7.77. The van der Waals surface area contributed by atoms with Gasteiger partial charge in [0.25, 0.3) is 5.89 Å². The lowest BCUT2D eigenvalue weighted by atomic mass is 9.94. The van der Waals surface area contributed by atoms with Crippen LogP contribution in [0.1, 0.15) is 24.4 Å². The molecule has 2 aromatic carbocycles. The van der Waals surface area contributed by atoms with E-state index in [2.05, 4.69) is 22.0 Å². The third kappa shape index (κ3) is 4.29. The zero-order valence-corrected chi connectivity index (χ0v) is 19.2. The Bertz CT molecular complexity index is 1240. The molecule has 3 aromatic rings. The molecule has 9 heteroatoms. The van der Waals surface area contributed by atoms with Crippen LogP contribution >= 0.6 is 11.6 Å². The summed E-state index contributed by atoms with van der Waals surface area (Å²) < 4.78 is 16.5. The topological polar surface area (TPSA) is 89.7 Å². The van der Waals surface area contributed by atoms with Crippen molar-refractivity contribution in [3.63, 3.8) is 0 Å². The van der Waals surface area contributed by atoms with Gasteiger partial charge in [0.2, 0.25) is 5.82 Å². The minimum atomic E-state index is -0.550. The number of rotatable bonds is 7. The second kappa shape index (κ2) is 9.38. The van der Waals surface area contributed by atoms with Gasteiger partial charge in [0, 0.05) is 22.8 Å². The smallest absolute Gasteiger partial charge is 0.322 e. The standard InChI is InChI=1S/C24H23ClN4O4/c1-5-11-29-14(2)20(23-27-22(28-33-23)16-7-6-8-17(25)12-16)21(26-24(29)30)15-9-10-18(31-3)19(13-15)32-4/h5-10,12-13,21H,1,11H2,2-4H3,(H,26,30). The molecule has 8 nitrogen and oxygen atoms in total. The van der Waals surface area contributed by atoms with Crippen molar-refractivity contribution in [2.45, 2.75) is 13.0 Å². The van der Waals surface area contributed by atoms with Crippen LogP contribution in [0.5, 0.6) is 11.5 Å². The first-order valence-corrected chi connectivity index (χ1v) is 10.6. The van der Waals surface area contributed by atoms with Crippen LogP contribution in [0.3, 0.4) is 0 Å². The van der Waals surface area contributed by atoms with Crippen molar-refractivity contribution in [1.82, 2.24) is 20.4 Å². The molecular formula is C24H23ClN4O4. The fourth-order valence-corrected chi connectivity index (χ4v) is 3.96. The summed E-state index contributed by atoms with van der Waals surface area (Å²) in [6.07, 6.45) is 1.66. The molecule has 1 aliphatic rings. The van der Waals surface area contributed by atoms with Gasteiger partial charge in [0.1, 0.15) is 0 Å². The summed E-state index contributed by atoms with van der Waals surface area (Å²) in [5, 5.41) is 7.74. The van der Waals surface area contributed by atoms with E-state index in [1.807, 2.05) is 31.2 Å². The molecule has 33 heavy (non-hydrogen) atoms. The summed E-state index contributed by atoms with van der Waals surface area (Å²) >= 11 is 6.12. The molecule has 4 rings (SSSR count). The third-order valence-corrected chi connectivity index (χ3v) is 5.62. The highest BCUT2D eigenvalue weighted by atomic mass is 35.5. The predicted molar refractivity (Wildman–Crippen MR) is 125 cm³/mol. The van der Waals surface area contributed by atoms with Gasteiger partial charge in [-0.1, -0.05) is 41.0 Å². The molecule has 0 spiro atoms. The Morgan fingerprint density at radius 3 is 2.70 bits per heavy atom. The van der Waals surface area contributed by atoms with Gasteiger partial charge in [-0.3, -0.25) is 4.90 Å². The summed E-state index contributed by atoms with van der Waals surface area (Å²) in [4.78, 5) is 19.1. The Labute approximate surface area is 196 Å². The Morgan fingerprint density at radius 1 is 1.21 bits per heavy atom. The molecule has 0 saturated heterocycles. The zero-order chi connectivity index (χ0) is 23.5. The number of benzene rings is 2. The summed E-state index contributed by atoms with van der Waals surface area (Å²) in [5.41, 5.74) is 2.85. The average molecular weight is 467 g/mol. The maximum Gasteiger partial charge on any atom is 0.322 e. The fraction of sp³-hybridized carbons (Fsp3) is 0.208. The summed E-state index contributed by atoms with van der Waals surface area (Å²) in [5.74, 6) is 1.81. The maximum absolute atomic E-state index is 12.9. The van der Waals surface area contributed by atoms with Crippen molar-refractivity contribution in [2.75, 3.05) is 20.8 Å². The van der Waals surface area contributed by atoms with Gasteiger partial charge < -0.3 is 19.3 Å². The summed E-state index contributed by atoms with van der Waals surface area (Å²) in [6.45, 7) is 5.92. The molecule has 1 aliphatic heterocycles. The predicted octanol–water partition coefficient (Wildman–Crippen LogP) is 5.09. The number of methoxy groups -OCH3 is 2. The maximum atomic E-state index is 12.9. The van der Waals surface area contributed by atoms with E-state index in [9.17, 15) is 4.79 Å². The van der Waals surface area contributed by atoms with E-state index in [-0.39, 0.29) is 11.9 Å². The van der Waals surface area contributed by atoms with E-state index in [0.29, 0.717) is 40.2 Å². The zero-order valence-electron chi connectivity index (χ0n) is 18.5. The minimum absolute atomic E-state index is 0.259. The largest absolute Gasteiger partial charge is 0.493 e. The van der Waals surface area contributed by atoms with Crippen molar-refractivity contribution in [3.05, 3.63) is 77.3 Å². The molecule has 2 amide bonds. The number of aromatic nitrogens is 2. The second-order valence-electron chi connectivity index (χ2n) is 7.33. The number of hydrogen-bond donors (Lipinski definition) is 1. The van der Waals surface area contributed by atoms with Crippen molar-refractivity contribution >= 4 is 23.2 Å². The highest BCUT2D eigenvalue weighted by molar-refractivity contribution is 6.30. The molecular weight excluding hydrogens is 444 g/mol. The minimum Gasteiger partial charge on any atom is -0.493 e. The summed E-state index contributed by atoms with van der Waals surface area (Å²) in [6, 6.07) is 11.8. The molecule has 0 saturated carbocycles. The molecule has 170 valence electrons. The Morgan fingerprint density at radius 2 is 2.00 bits per heavy atom. The first kappa shape index (κ1) is 22.4. The normalized spacial score (nSPS) is 15.9. The van der Waals surface area contributed by atoms with Gasteiger partial charge in [0.05, 0.1) is 25.8 Å². The van der Waals surface area contributed by atoms with Gasteiger partial charge in [-0.2, -0.15) is 4.98 Å². The van der Waals surface area contributed by atoms with Crippen LogP contribution in [0.25, 0.3) is 17.0 Å². The number of urea groups is 1. The highest BCUT2D eigenvalue weighted by Crippen LogP contribution is 2.40. The fourth-order valence-electron chi connectivity index (χ4n) is 3.77. The number of halogens is 1. The number of carbonyl (C=O) groups excluding carboxylic acids is 1. The molecule has 1 aromatic heterocycles. The number of allylic oxidation sites excluding steroid dienone is 1. The number of nitrogens with one attached hydrogen (secondary N) is 1. The first-order chi connectivity index (χ1) is 16.0. The van der Waals surface area contributed by atoms with Crippen molar-refractivity contribution in [2.24, 2.45) is 0 Å². The van der Waals surface area contributed by atoms with Crippen molar-refractivity contribution in [3.8, 4) is 22.9 Å². The van der Waals surface area contributed by atoms with E-state index >= 15 is 0 Å². The lowest BCUT2D eigenvalue weighted by Crippen LogP contribution is -2.46. The Kier molecular flexibility index (Phi) is 6.37. The molecule has 1 N–H and O–H groups in total. The Hall–Kier alpha value is -3.78. The van der Waals surface area contributed by atoms with E-state index in [4.69, 9.17) is 25.6 Å². The van der Waals surface area contributed by atoms with E-state index in [0.717, 1.165) is 11.1 Å². The number of ether oxygens (including phenoxy) is 2. The average Bonchev–Trinajstić information content (AvgIpc) is 3.30. The van der Waals surface area contributed by atoms with Crippen LogP contribution in [-0.2, 0) is 0 Å². The SMILES string of the molecule is C=CCN1C(=O)NC(c2ccc(OC)c(OC)c2)C(c2nc(-c3cccc(Cl)c3)no2)=C1C. The number of hydrogen-bond acceptors (Lipinski definition) is 6. The molecule has 0 fully saturated rings. The van der Waals surface area contributed by atoms with Crippen molar-refractivity contribution < 1.29 is 18.8 Å². The van der Waals surface area contributed by atoms with Crippen LogP contribution < -0.4 is 14.8 Å². The number of nitrogens with zero attached hydrogens (tertiary/aromatic N) is 3. The Balaban J connectivity index is 1.84. The van der Waals surface area contributed by atoms with Crippen molar-refractivity contribution in [1.29, 1.82) is 0 Å². The lowest BCUT2D eigenvalue weighted by molar-refractivity contribution is 0.209. The quantitative estimate of drug-likeness (QED) is 0.488. The first-order valence-electron chi connectivity index (χ1n) is 10.2. The molecule has 2 heterocycles. The van der Waals surface area contributed by atoms with Crippen LogP contribution in [0.4, 0.5) is 4.79 Å².